The average molecular weight is 293 g/mol. The number of amides is 2. The first-order valence-corrected chi connectivity index (χ1v) is 8.22. The SMILES string of the molecule is Cc1cccc(C)c1N1C(=O)[C@@H]2[C@H]3C=C[C@@H]([C@@H]4C[C@@H]34)[C@@H]2C1=O. The van der Waals surface area contributed by atoms with Gasteiger partial charge in [-0.1, -0.05) is 30.4 Å². The smallest absolute Gasteiger partial charge is 0.238 e. The molecule has 3 nitrogen and oxygen atoms in total. The molecule has 0 N–H and O–H groups in total. The van der Waals surface area contributed by atoms with Gasteiger partial charge in [-0.25, -0.2) is 4.90 Å². The number of hydrogen-bond donors (Lipinski definition) is 0. The summed E-state index contributed by atoms with van der Waals surface area (Å²) in [4.78, 5) is 27.7. The van der Waals surface area contributed by atoms with E-state index in [1.807, 2.05) is 32.0 Å². The summed E-state index contributed by atoms with van der Waals surface area (Å²) in [5.74, 6) is 1.78. The van der Waals surface area contributed by atoms with E-state index >= 15 is 0 Å². The number of rotatable bonds is 1. The van der Waals surface area contributed by atoms with Crippen LogP contribution in [0.5, 0.6) is 0 Å². The molecule has 0 radical (unpaired) electrons. The van der Waals surface area contributed by atoms with E-state index in [9.17, 15) is 9.59 Å². The van der Waals surface area contributed by atoms with Crippen LogP contribution < -0.4 is 4.90 Å². The Morgan fingerprint density at radius 1 is 0.909 bits per heavy atom. The number of para-hydroxylation sites is 1. The van der Waals surface area contributed by atoms with Crippen molar-refractivity contribution in [1.82, 2.24) is 0 Å². The van der Waals surface area contributed by atoms with Crippen LogP contribution in [-0.4, -0.2) is 11.8 Å². The van der Waals surface area contributed by atoms with Gasteiger partial charge in [0, 0.05) is 0 Å². The molecule has 6 atom stereocenters. The van der Waals surface area contributed by atoms with Crippen LogP contribution >= 0.6 is 0 Å². The highest BCUT2D eigenvalue weighted by Gasteiger charge is 2.67. The summed E-state index contributed by atoms with van der Waals surface area (Å²) in [6, 6.07) is 5.94. The van der Waals surface area contributed by atoms with Gasteiger partial charge < -0.3 is 0 Å². The molecule has 1 heterocycles. The fraction of sp³-hybridized carbons (Fsp3) is 0.474. The van der Waals surface area contributed by atoms with Gasteiger partial charge in [-0.15, -0.1) is 0 Å². The standard InChI is InChI=1S/C19H19NO2/c1-9-4-3-5-10(2)17(9)20-18(21)15-11-6-7-12(14-8-13(11)14)16(15)19(20)22/h3-7,11-16H,8H2,1-2H3/t11-,12-,13-,14-,15-,16+/m0/s1. The first-order chi connectivity index (χ1) is 10.6. The highest BCUT2D eigenvalue weighted by molar-refractivity contribution is 6.23. The minimum absolute atomic E-state index is 0.0390. The lowest BCUT2D eigenvalue weighted by Gasteiger charge is -2.37. The zero-order chi connectivity index (χ0) is 15.2. The fourth-order valence-corrected chi connectivity index (χ4v) is 5.34. The molecule has 3 fully saturated rings. The zero-order valence-corrected chi connectivity index (χ0v) is 12.8. The van der Waals surface area contributed by atoms with Crippen molar-refractivity contribution in [3.05, 3.63) is 41.5 Å². The molecule has 5 aliphatic rings. The topological polar surface area (TPSA) is 37.4 Å². The van der Waals surface area contributed by atoms with Gasteiger partial charge >= 0.3 is 0 Å². The molecule has 4 aliphatic carbocycles. The van der Waals surface area contributed by atoms with E-state index in [0.29, 0.717) is 23.7 Å². The Labute approximate surface area is 130 Å². The number of carbonyl (C=O) groups excluding carboxylic acids is 2. The van der Waals surface area contributed by atoms with Crippen LogP contribution in [-0.2, 0) is 9.59 Å². The van der Waals surface area contributed by atoms with Crippen molar-refractivity contribution in [3.8, 4) is 0 Å². The van der Waals surface area contributed by atoms with Crippen LogP contribution in [0.2, 0.25) is 0 Å². The van der Waals surface area contributed by atoms with E-state index in [4.69, 9.17) is 0 Å². The Bertz CT molecular complexity index is 694. The first kappa shape index (κ1) is 12.6. The zero-order valence-electron chi connectivity index (χ0n) is 12.8. The molecular weight excluding hydrogens is 274 g/mol. The third-order valence-electron chi connectivity index (χ3n) is 6.33. The van der Waals surface area contributed by atoms with Gasteiger partial charge in [0.1, 0.15) is 0 Å². The summed E-state index contributed by atoms with van der Waals surface area (Å²) < 4.78 is 0. The van der Waals surface area contributed by atoms with E-state index in [0.717, 1.165) is 16.8 Å². The van der Waals surface area contributed by atoms with Gasteiger partial charge in [0.05, 0.1) is 17.5 Å². The molecule has 2 amide bonds. The number of imide groups is 1. The molecule has 112 valence electrons. The highest BCUT2D eigenvalue weighted by atomic mass is 16.2. The summed E-state index contributed by atoms with van der Waals surface area (Å²) in [6.07, 6.45) is 5.65. The van der Waals surface area contributed by atoms with Crippen molar-refractivity contribution >= 4 is 17.5 Å². The lowest BCUT2D eigenvalue weighted by molar-refractivity contribution is -0.124. The summed E-state index contributed by atoms with van der Waals surface area (Å²) in [5.41, 5.74) is 2.83. The summed E-state index contributed by atoms with van der Waals surface area (Å²) in [5, 5.41) is 0. The predicted molar refractivity (Wildman–Crippen MR) is 83.1 cm³/mol. The lowest BCUT2D eigenvalue weighted by Crippen LogP contribution is -2.40. The second-order valence-electron chi connectivity index (χ2n) is 7.41. The van der Waals surface area contributed by atoms with E-state index in [-0.39, 0.29) is 23.7 Å². The van der Waals surface area contributed by atoms with E-state index < -0.39 is 0 Å². The van der Waals surface area contributed by atoms with E-state index in [1.165, 1.54) is 11.3 Å². The van der Waals surface area contributed by atoms with Crippen LogP contribution in [0.15, 0.2) is 30.4 Å². The number of anilines is 1. The van der Waals surface area contributed by atoms with Crippen LogP contribution in [0.25, 0.3) is 0 Å². The Kier molecular flexibility index (Phi) is 2.23. The maximum Gasteiger partial charge on any atom is 0.238 e. The van der Waals surface area contributed by atoms with Crippen molar-refractivity contribution in [3.63, 3.8) is 0 Å². The minimum atomic E-state index is -0.106. The Morgan fingerprint density at radius 3 is 1.91 bits per heavy atom. The first-order valence-electron chi connectivity index (χ1n) is 8.22. The monoisotopic (exact) mass is 293 g/mol. The van der Waals surface area contributed by atoms with Crippen molar-refractivity contribution in [2.45, 2.75) is 20.3 Å². The van der Waals surface area contributed by atoms with Crippen LogP contribution in [0, 0.1) is 49.4 Å². The van der Waals surface area contributed by atoms with E-state index in [2.05, 4.69) is 12.2 Å². The fourth-order valence-electron chi connectivity index (χ4n) is 5.34. The van der Waals surface area contributed by atoms with Gasteiger partial charge in [-0.05, 0) is 55.1 Å². The third kappa shape index (κ3) is 1.33. The highest BCUT2D eigenvalue weighted by Crippen LogP contribution is 2.65. The van der Waals surface area contributed by atoms with Crippen LogP contribution in [0.4, 0.5) is 5.69 Å². The van der Waals surface area contributed by atoms with Crippen LogP contribution in [0.3, 0.4) is 0 Å². The minimum Gasteiger partial charge on any atom is -0.274 e. The van der Waals surface area contributed by atoms with Gasteiger partial charge in [-0.2, -0.15) is 0 Å². The maximum absolute atomic E-state index is 13.1. The van der Waals surface area contributed by atoms with E-state index in [1.54, 1.807) is 0 Å². The molecule has 2 saturated carbocycles. The van der Waals surface area contributed by atoms with Crippen molar-refractivity contribution < 1.29 is 9.59 Å². The lowest BCUT2D eigenvalue weighted by atomic mass is 9.63. The Morgan fingerprint density at radius 2 is 1.41 bits per heavy atom. The molecule has 1 aromatic carbocycles. The maximum atomic E-state index is 13.1. The molecule has 1 aromatic rings. The number of allylic oxidation sites excluding steroid dienone is 2. The number of hydrogen-bond acceptors (Lipinski definition) is 2. The molecule has 1 aliphatic heterocycles. The van der Waals surface area contributed by atoms with Crippen molar-refractivity contribution in [2.75, 3.05) is 4.90 Å². The summed E-state index contributed by atoms with van der Waals surface area (Å²) in [6.45, 7) is 3.96. The molecule has 3 heteroatoms. The number of nitrogens with zero attached hydrogens (tertiary/aromatic N) is 1. The quantitative estimate of drug-likeness (QED) is 0.590. The second-order valence-corrected chi connectivity index (χ2v) is 7.41. The second kappa shape index (κ2) is 3.89. The molecule has 2 bridgehead atoms. The summed E-state index contributed by atoms with van der Waals surface area (Å²) >= 11 is 0. The Hall–Kier alpha value is -1.90. The van der Waals surface area contributed by atoms with Gasteiger partial charge in [0.25, 0.3) is 0 Å². The predicted octanol–water partition coefficient (Wildman–Crippen LogP) is 2.86. The largest absolute Gasteiger partial charge is 0.274 e. The molecule has 1 saturated heterocycles. The number of benzene rings is 1. The van der Waals surface area contributed by atoms with Gasteiger partial charge in [0.2, 0.25) is 11.8 Å². The normalized spacial score (nSPS) is 40.9. The number of carbonyl (C=O) groups is 2. The van der Waals surface area contributed by atoms with Gasteiger partial charge in [-0.3, -0.25) is 9.59 Å². The van der Waals surface area contributed by atoms with Gasteiger partial charge in [0.15, 0.2) is 0 Å². The van der Waals surface area contributed by atoms with Crippen molar-refractivity contribution in [1.29, 1.82) is 0 Å². The molecular formula is C19H19NO2. The summed E-state index contributed by atoms with van der Waals surface area (Å²) in [7, 11) is 0. The molecule has 0 aromatic heterocycles. The number of aryl methyl sites for hydroxylation is 2. The molecule has 0 spiro atoms. The van der Waals surface area contributed by atoms with Crippen LogP contribution in [0.1, 0.15) is 17.5 Å². The molecule has 6 rings (SSSR count). The average Bonchev–Trinajstić information content (AvgIpc) is 3.27. The third-order valence-corrected chi connectivity index (χ3v) is 6.33. The molecule has 22 heavy (non-hydrogen) atoms. The van der Waals surface area contributed by atoms with Crippen molar-refractivity contribution in [2.24, 2.45) is 35.5 Å². The molecule has 0 unspecified atom stereocenters. The Balaban J connectivity index is 1.64.